The highest BCUT2D eigenvalue weighted by atomic mass is 16.7. The van der Waals surface area contributed by atoms with Crippen LogP contribution < -0.4 is 14.8 Å². The summed E-state index contributed by atoms with van der Waals surface area (Å²) in [5.74, 6) is -0.422. The molecule has 9 nitrogen and oxygen atoms in total. The molecule has 2 heterocycles. The molecule has 0 aliphatic carbocycles. The fraction of sp³-hybridized carbons (Fsp3) is 0.381. The number of ether oxygens (including phenoxy) is 4. The number of hydrogen-bond donors (Lipinski definition) is 2. The number of nitrogens with one attached hydrogen (secondary N) is 2. The second-order valence-corrected chi connectivity index (χ2v) is 6.78. The predicted molar refractivity (Wildman–Crippen MR) is 106 cm³/mol. The quantitative estimate of drug-likeness (QED) is 0.665. The minimum Gasteiger partial charge on any atom is -0.465 e. The van der Waals surface area contributed by atoms with Crippen molar-refractivity contribution in [2.45, 2.75) is 39.8 Å². The van der Waals surface area contributed by atoms with E-state index in [1.54, 1.807) is 19.1 Å². The third-order valence-corrected chi connectivity index (χ3v) is 4.83. The van der Waals surface area contributed by atoms with Gasteiger partial charge in [-0.25, -0.2) is 9.59 Å². The molecule has 0 saturated heterocycles. The Balaban J connectivity index is 1.62. The molecule has 1 aliphatic heterocycles. The lowest BCUT2D eigenvalue weighted by Crippen LogP contribution is -2.35. The first-order chi connectivity index (χ1) is 14.3. The van der Waals surface area contributed by atoms with Crippen LogP contribution in [0.4, 0.5) is 0 Å². The Morgan fingerprint density at radius 3 is 2.63 bits per heavy atom. The number of aryl methyl sites for hydroxylation is 1. The maximum absolute atomic E-state index is 12.6. The highest BCUT2D eigenvalue weighted by Crippen LogP contribution is 2.32. The summed E-state index contributed by atoms with van der Waals surface area (Å²) in [7, 11) is 1.28. The van der Waals surface area contributed by atoms with Gasteiger partial charge < -0.3 is 29.2 Å². The van der Waals surface area contributed by atoms with Crippen molar-refractivity contribution in [1.82, 2.24) is 10.3 Å². The first kappa shape index (κ1) is 21.2. The zero-order chi connectivity index (χ0) is 21.8. The van der Waals surface area contributed by atoms with E-state index in [4.69, 9.17) is 18.9 Å². The number of fused-ring (bicyclic) bond motifs is 1. The number of aromatic amines is 1. The number of benzene rings is 1. The number of amides is 1. The summed E-state index contributed by atoms with van der Waals surface area (Å²) in [5, 5.41) is 2.72. The highest BCUT2D eigenvalue weighted by Gasteiger charge is 2.27. The second-order valence-electron chi connectivity index (χ2n) is 6.78. The topological polar surface area (TPSA) is 116 Å². The van der Waals surface area contributed by atoms with E-state index in [1.807, 2.05) is 13.0 Å². The third-order valence-electron chi connectivity index (χ3n) is 4.83. The number of H-pyrrole nitrogens is 1. The molecule has 1 aromatic carbocycles. The fourth-order valence-electron chi connectivity index (χ4n) is 3.16. The zero-order valence-electron chi connectivity index (χ0n) is 17.3. The molecular formula is C21H24N2O7. The SMILES string of the molecule is CCc1[nH]c(C(=O)O[C@@H](C)C(=O)NCc2ccc3c(c2)OCO3)c(C)c1C(=O)OC. The molecule has 1 aromatic heterocycles. The van der Waals surface area contributed by atoms with E-state index in [9.17, 15) is 14.4 Å². The smallest absolute Gasteiger partial charge is 0.355 e. The van der Waals surface area contributed by atoms with Crippen LogP contribution in [0.25, 0.3) is 0 Å². The fourth-order valence-corrected chi connectivity index (χ4v) is 3.16. The van der Waals surface area contributed by atoms with Crippen LogP contribution in [0, 0.1) is 6.92 Å². The Labute approximate surface area is 173 Å². The second kappa shape index (κ2) is 8.89. The molecule has 0 spiro atoms. The zero-order valence-corrected chi connectivity index (χ0v) is 17.3. The predicted octanol–water partition coefficient (Wildman–Crippen LogP) is 2.26. The first-order valence-electron chi connectivity index (χ1n) is 9.52. The average Bonchev–Trinajstić information content (AvgIpc) is 3.34. The summed E-state index contributed by atoms with van der Waals surface area (Å²) in [4.78, 5) is 39.8. The molecule has 2 N–H and O–H groups in total. The van der Waals surface area contributed by atoms with Crippen LogP contribution in [0.2, 0.25) is 0 Å². The summed E-state index contributed by atoms with van der Waals surface area (Å²) >= 11 is 0. The van der Waals surface area contributed by atoms with Crippen LogP contribution in [0.1, 0.15) is 51.5 Å². The van der Waals surface area contributed by atoms with Gasteiger partial charge in [0.1, 0.15) is 5.69 Å². The van der Waals surface area contributed by atoms with Crippen molar-refractivity contribution >= 4 is 17.8 Å². The molecule has 0 saturated carbocycles. The highest BCUT2D eigenvalue weighted by molar-refractivity contribution is 5.99. The van der Waals surface area contributed by atoms with Crippen molar-refractivity contribution in [2.24, 2.45) is 0 Å². The molecule has 1 aliphatic rings. The molecule has 0 unspecified atom stereocenters. The third kappa shape index (κ3) is 4.24. The Morgan fingerprint density at radius 1 is 1.20 bits per heavy atom. The molecule has 1 amide bonds. The normalized spacial score (nSPS) is 12.9. The van der Waals surface area contributed by atoms with Gasteiger partial charge in [-0.15, -0.1) is 0 Å². The van der Waals surface area contributed by atoms with E-state index < -0.39 is 23.9 Å². The summed E-state index contributed by atoms with van der Waals surface area (Å²) in [6.07, 6.45) is -0.523. The van der Waals surface area contributed by atoms with Crippen LogP contribution in [-0.2, 0) is 27.2 Å². The van der Waals surface area contributed by atoms with Crippen LogP contribution in [0.15, 0.2) is 18.2 Å². The summed E-state index contributed by atoms with van der Waals surface area (Å²) in [5.41, 5.74) is 2.26. The largest absolute Gasteiger partial charge is 0.465 e. The van der Waals surface area contributed by atoms with Crippen LogP contribution in [-0.4, -0.2) is 42.8 Å². The molecule has 1 atom stereocenters. The Kier molecular flexibility index (Phi) is 6.29. The molecule has 30 heavy (non-hydrogen) atoms. The maximum Gasteiger partial charge on any atom is 0.355 e. The molecule has 0 radical (unpaired) electrons. The van der Waals surface area contributed by atoms with Crippen molar-refractivity contribution in [3.63, 3.8) is 0 Å². The average molecular weight is 416 g/mol. The van der Waals surface area contributed by atoms with Gasteiger partial charge in [-0.1, -0.05) is 13.0 Å². The minimum atomic E-state index is -1.03. The minimum absolute atomic E-state index is 0.127. The van der Waals surface area contributed by atoms with E-state index in [2.05, 4.69) is 10.3 Å². The van der Waals surface area contributed by atoms with Gasteiger partial charge >= 0.3 is 11.9 Å². The van der Waals surface area contributed by atoms with Crippen molar-refractivity contribution in [1.29, 1.82) is 0 Å². The monoisotopic (exact) mass is 416 g/mol. The molecule has 0 fully saturated rings. The van der Waals surface area contributed by atoms with Gasteiger partial charge in [-0.05, 0) is 43.5 Å². The summed E-state index contributed by atoms with van der Waals surface area (Å²) in [6.45, 7) is 5.37. The lowest BCUT2D eigenvalue weighted by Gasteiger charge is -2.13. The molecule has 160 valence electrons. The summed E-state index contributed by atoms with van der Waals surface area (Å²) < 4.78 is 20.6. The van der Waals surface area contributed by atoms with E-state index in [1.165, 1.54) is 14.0 Å². The number of esters is 2. The number of methoxy groups -OCH3 is 1. The molecule has 3 rings (SSSR count). The van der Waals surface area contributed by atoms with E-state index >= 15 is 0 Å². The van der Waals surface area contributed by atoms with Crippen molar-refractivity contribution in [3.05, 3.63) is 46.3 Å². The van der Waals surface area contributed by atoms with Crippen LogP contribution in [0.3, 0.4) is 0 Å². The van der Waals surface area contributed by atoms with Crippen molar-refractivity contribution in [3.8, 4) is 11.5 Å². The van der Waals surface area contributed by atoms with Crippen molar-refractivity contribution in [2.75, 3.05) is 13.9 Å². The number of carbonyl (C=O) groups excluding carboxylic acids is 3. The van der Waals surface area contributed by atoms with Crippen molar-refractivity contribution < 1.29 is 33.3 Å². The Morgan fingerprint density at radius 2 is 1.93 bits per heavy atom. The van der Waals surface area contributed by atoms with Gasteiger partial charge in [-0.2, -0.15) is 0 Å². The van der Waals surface area contributed by atoms with Gasteiger partial charge in [0.05, 0.1) is 12.7 Å². The number of hydrogen-bond acceptors (Lipinski definition) is 7. The lowest BCUT2D eigenvalue weighted by atomic mass is 10.1. The van der Waals surface area contributed by atoms with Gasteiger partial charge in [0.15, 0.2) is 17.6 Å². The number of carbonyl (C=O) groups is 3. The van der Waals surface area contributed by atoms with E-state index in [0.29, 0.717) is 34.7 Å². The number of aromatic nitrogens is 1. The molecule has 9 heteroatoms. The molecular weight excluding hydrogens is 392 g/mol. The first-order valence-corrected chi connectivity index (χ1v) is 9.52. The Bertz CT molecular complexity index is 980. The van der Waals surface area contributed by atoms with Crippen LogP contribution >= 0.6 is 0 Å². The van der Waals surface area contributed by atoms with Gasteiger partial charge in [0, 0.05) is 12.2 Å². The number of rotatable bonds is 7. The van der Waals surface area contributed by atoms with E-state index in [0.717, 1.165) is 5.56 Å². The summed E-state index contributed by atoms with van der Waals surface area (Å²) in [6, 6.07) is 5.36. The standard InChI is InChI=1S/C21H24N2O7/c1-5-14-17(20(25)27-4)11(2)18(23-14)21(26)30-12(3)19(24)22-9-13-6-7-15-16(8-13)29-10-28-15/h6-8,12,23H,5,9-10H2,1-4H3,(H,22,24)/t12-/m0/s1. The molecule has 0 bridgehead atoms. The maximum atomic E-state index is 12.6. The van der Waals surface area contributed by atoms with Gasteiger partial charge in [0.2, 0.25) is 6.79 Å². The molecule has 2 aromatic rings. The van der Waals surface area contributed by atoms with E-state index in [-0.39, 0.29) is 19.0 Å². The Hall–Kier alpha value is -3.49. The van der Waals surface area contributed by atoms with Crippen LogP contribution in [0.5, 0.6) is 11.5 Å². The lowest BCUT2D eigenvalue weighted by molar-refractivity contribution is -0.129. The van der Waals surface area contributed by atoms with Gasteiger partial charge in [0.25, 0.3) is 5.91 Å². The van der Waals surface area contributed by atoms with Gasteiger partial charge in [-0.3, -0.25) is 4.79 Å².